The quantitative estimate of drug-likeness (QED) is 0.682. The Morgan fingerprint density at radius 1 is 1.00 bits per heavy atom. The number of rotatable bonds is 7. The number of carbonyl (C=O) groups is 1. The van der Waals surface area contributed by atoms with Crippen molar-refractivity contribution in [1.82, 2.24) is 15.5 Å². The van der Waals surface area contributed by atoms with Crippen molar-refractivity contribution < 1.29 is 9.63 Å². The molecule has 0 unspecified atom stereocenters. The Morgan fingerprint density at radius 2 is 1.70 bits per heavy atom. The van der Waals surface area contributed by atoms with E-state index in [-0.39, 0.29) is 18.0 Å². The molecule has 6 nitrogen and oxygen atoms in total. The van der Waals surface area contributed by atoms with Gasteiger partial charge in [0.2, 0.25) is 0 Å². The molecule has 0 bridgehead atoms. The molecule has 1 saturated carbocycles. The van der Waals surface area contributed by atoms with Crippen molar-refractivity contribution in [2.24, 2.45) is 5.16 Å². The summed E-state index contributed by atoms with van der Waals surface area (Å²) in [5.74, 6) is -0.0548. The number of hydrogen-bond acceptors (Lipinski definition) is 5. The first kappa shape index (κ1) is 22.1. The topological polar surface area (TPSA) is 66.0 Å². The maximum atomic E-state index is 12.9. The summed E-state index contributed by atoms with van der Waals surface area (Å²) >= 11 is 0. The van der Waals surface area contributed by atoms with E-state index in [4.69, 9.17) is 4.84 Å². The van der Waals surface area contributed by atoms with Gasteiger partial charge in [0.05, 0.1) is 6.04 Å². The lowest BCUT2D eigenvalue weighted by atomic mass is 9.82. The maximum absolute atomic E-state index is 12.9. The van der Waals surface area contributed by atoms with Crippen LogP contribution >= 0.6 is 0 Å². The minimum absolute atomic E-state index is 0.0548. The zero-order chi connectivity index (χ0) is 22.5. The molecule has 2 aromatic rings. The second-order valence-electron chi connectivity index (χ2n) is 9.73. The van der Waals surface area contributed by atoms with E-state index in [0.717, 1.165) is 45.4 Å². The predicted molar refractivity (Wildman–Crippen MR) is 130 cm³/mol. The van der Waals surface area contributed by atoms with Crippen molar-refractivity contribution in [3.05, 3.63) is 71.8 Å². The van der Waals surface area contributed by atoms with Crippen molar-refractivity contribution in [3.8, 4) is 0 Å². The molecule has 0 aromatic heterocycles. The van der Waals surface area contributed by atoms with Crippen molar-refractivity contribution in [1.29, 1.82) is 0 Å². The number of nitrogens with one attached hydrogen (secondary N) is 2. The summed E-state index contributed by atoms with van der Waals surface area (Å²) in [7, 11) is 0. The molecule has 2 atom stereocenters. The zero-order valence-corrected chi connectivity index (χ0v) is 19.2. The molecule has 6 heteroatoms. The standard InChI is InChI=1S/C27H34N4O2/c32-26(29-23-13-7-8-14-23)24-17-27(33-30-24)20-31(19-22-11-5-2-6-12-22)16-15-25(27)28-18-21-9-3-1-4-10-21/h1-6,9-12,23,25,28H,7-8,13-20H2,(H,29,32)/t25-,27-/m0/s1. The lowest BCUT2D eigenvalue weighted by Gasteiger charge is -2.44. The molecule has 1 aliphatic carbocycles. The average molecular weight is 447 g/mol. The molecule has 1 amide bonds. The van der Waals surface area contributed by atoms with E-state index >= 15 is 0 Å². The third-order valence-corrected chi connectivity index (χ3v) is 7.26. The van der Waals surface area contributed by atoms with E-state index in [2.05, 4.69) is 69.2 Å². The first-order valence-corrected chi connectivity index (χ1v) is 12.3. The van der Waals surface area contributed by atoms with Crippen LogP contribution in [0, 0.1) is 0 Å². The highest BCUT2D eigenvalue weighted by Gasteiger charge is 2.51. The first-order valence-electron chi connectivity index (χ1n) is 12.3. The third-order valence-electron chi connectivity index (χ3n) is 7.26. The minimum atomic E-state index is -0.524. The van der Waals surface area contributed by atoms with Crippen molar-refractivity contribution >= 4 is 11.6 Å². The minimum Gasteiger partial charge on any atom is -0.385 e. The van der Waals surface area contributed by atoms with Crippen LogP contribution in [0.4, 0.5) is 0 Å². The van der Waals surface area contributed by atoms with Crippen LogP contribution in [0.2, 0.25) is 0 Å². The van der Waals surface area contributed by atoms with Crippen molar-refractivity contribution in [2.45, 2.75) is 69.3 Å². The van der Waals surface area contributed by atoms with Gasteiger partial charge < -0.3 is 15.5 Å². The Kier molecular flexibility index (Phi) is 6.74. The summed E-state index contributed by atoms with van der Waals surface area (Å²) in [5, 5.41) is 11.3. The molecule has 3 aliphatic rings. The highest BCUT2D eigenvalue weighted by atomic mass is 16.7. The van der Waals surface area contributed by atoms with Gasteiger partial charge in [0, 0.05) is 38.6 Å². The van der Waals surface area contributed by atoms with Gasteiger partial charge in [-0.2, -0.15) is 0 Å². The smallest absolute Gasteiger partial charge is 0.269 e. The average Bonchev–Trinajstić information content (AvgIpc) is 3.51. The van der Waals surface area contributed by atoms with Gasteiger partial charge >= 0.3 is 0 Å². The Hall–Kier alpha value is -2.70. The van der Waals surface area contributed by atoms with Gasteiger partial charge in [0.1, 0.15) is 5.71 Å². The van der Waals surface area contributed by atoms with Crippen molar-refractivity contribution in [2.75, 3.05) is 13.1 Å². The number of oxime groups is 1. The Labute approximate surface area is 196 Å². The number of amides is 1. The van der Waals surface area contributed by atoms with Crippen LogP contribution in [-0.2, 0) is 22.7 Å². The number of hydrogen-bond donors (Lipinski definition) is 2. The Balaban J connectivity index is 1.28. The highest BCUT2D eigenvalue weighted by molar-refractivity contribution is 6.39. The van der Waals surface area contributed by atoms with E-state index in [1.165, 1.54) is 24.0 Å². The number of likely N-dealkylation sites (tertiary alicyclic amines) is 1. The van der Waals surface area contributed by atoms with Gasteiger partial charge in [-0.1, -0.05) is 78.7 Å². The fraction of sp³-hybridized carbons (Fsp3) is 0.481. The molecule has 5 rings (SSSR count). The van der Waals surface area contributed by atoms with E-state index in [9.17, 15) is 4.79 Å². The van der Waals surface area contributed by atoms with E-state index < -0.39 is 5.60 Å². The second kappa shape index (κ2) is 10.1. The first-order chi connectivity index (χ1) is 16.2. The molecule has 2 heterocycles. The largest absolute Gasteiger partial charge is 0.385 e. The van der Waals surface area contributed by atoms with Crippen LogP contribution in [-0.4, -0.2) is 47.3 Å². The molecular weight excluding hydrogens is 412 g/mol. The predicted octanol–water partition coefficient (Wildman–Crippen LogP) is 3.62. The molecule has 33 heavy (non-hydrogen) atoms. The lowest BCUT2D eigenvalue weighted by Crippen LogP contribution is -2.61. The fourth-order valence-electron chi connectivity index (χ4n) is 5.47. The van der Waals surface area contributed by atoms with Gasteiger partial charge in [-0.15, -0.1) is 0 Å². The van der Waals surface area contributed by atoms with Crippen LogP contribution in [0.1, 0.15) is 49.7 Å². The number of nitrogens with zero attached hydrogens (tertiary/aromatic N) is 2. The van der Waals surface area contributed by atoms with Gasteiger partial charge in [-0.3, -0.25) is 9.69 Å². The van der Waals surface area contributed by atoms with Crippen LogP contribution < -0.4 is 10.6 Å². The van der Waals surface area contributed by atoms with Crippen molar-refractivity contribution in [3.63, 3.8) is 0 Å². The summed E-state index contributed by atoms with van der Waals surface area (Å²) in [6.07, 6.45) is 6.01. The number of benzene rings is 2. The normalized spacial score (nSPS) is 25.7. The molecule has 2 fully saturated rings. The van der Waals surface area contributed by atoms with Gasteiger partial charge in [-0.05, 0) is 30.4 Å². The molecule has 0 radical (unpaired) electrons. The maximum Gasteiger partial charge on any atom is 0.269 e. The third kappa shape index (κ3) is 5.28. The summed E-state index contributed by atoms with van der Waals surface area (Å²) in [6, 6.07) is 21.4. The van der Waals surface area contributed by atoms with E-state index in [0.29, 0.717) is 12.1 Å². The van der Waals surface area contributed by atoms with Crippen LogP contribution in [0.5, 0.6) is 0 Å². The summed E-state index contributed by atoms with van der Waals surface area (Å²) in [5.41, 5.74) is 2.55. The van der Waals surface area contributed by atoms with Crippen LogP contribution in [0.25, 0.3) is 0 Å². The summed E-state index contributed by atoms with van der Waals surface area (Å²) in [4.78, 5) is 21.5. The van der Waals surface area contributed by atoms with E-state index in [1.54, 1.807) is 0 Å². The van der Waals surface area contributed by atoms with Gasteiger partial charge in [0.25, 0.3) is 5.91 Å². The van der Waals surface area contributed by atoms with Gasteiger partial charge in [-0.25, -0.2) is 0 Å². The number of piperidine rings is 1. The van der Waals surface area contributed by atoms with Crippen LogP contribution in [0.3, 0.4) is 0 Å². The lowest BCUT2D eigenvalue weighted by molar-refractivity contribution is -0.115. The fourth-order valence-corrected chi connectivity index (χ4v) is 5.47. The summed E-state index contributed by atoms with van der Waals surface area (Å²) < 4.78 is 0. The second-order valence-corrected chi connectivity index (χ2v) is 9.73. The highest BCUT2D eigenvalue weighted by Crippen LogP contribution is 2.35. The van der Waals surface area contributed by atoms with Gasteiger partial charge in [0.15, 0.2) is 5.60 Å². The molecule has 2 aliphatic heterocycles. The molecule has 1 saturated heterocycles. The molecule has 1 spiro atoms. The van der Waals surface area contributed by atoms with E-state index in [1.807, 2.05) is 12.1 Å². The molecule has 2 aromatic carbocycles. The summed E-state index contributed by atoms with van der Waals surface area (Å²) in [6.45, 7) is 3.38. The zero-order valence-electron chi connectivity index (χ0n) is 19.2. The Morgan fingerprint density at radius 3 is 2.42 bits per heavy atom. The molecule has 2 N–H and O–H groups in total. The SMILES string of the molecule is O=C(NC1CCCC1)C1=NO[C@@]2(C1)CN(Cc1ccccc1)CC[C@@H]2NCc1ccccc1. The Bertz CT molecular complexity index is 959. The van der Waals surface area contributed by atoms with Crippen LogP contribution in [0.15, 0.2) is 65.8 Å². The monoisotopic (exact) mass is 446 g/mol. The number of carbonyl (C=O) groups excluding carboxylic acids is 1. The molecular formula is C27H34N4O2. The molecule has 174 valence electrons.